The Balaban J connectivity index is 2.01. The maximum absolute atomic E-state index is 13.3. The van der Waals surface area contributed by atoms with Crippen LogP contribution in [0.4, 0.5) is 0 Å². The summed E-state index contributed by atoms with van der Waals surface area (Å²) in [6.45, 7) is 10.1. The number of hydrogen-bond acceptors (Lipinski definition) is 4. The van der Waals surface area contributed by atoms with Crippen molar-refractivity contribution in [1.82, 2.24) is 10.2 Å². The molecule has 1 aliphatic heterocycles. The zero-order valence-corrected chi connectivity index (χ0v) is 20.9. The molecule has 0 spiro atoms. The fraction of sp³-hybridized carbons (Fsp3) is 0.667. The van der Waals surface area contributed by atoms with Gasteiger partial charge in [-0.1, -0.05) is 31.4 Å². The Bertz CT molecular complexity index is 857. The van der Waals surface area contributed by atoms with Gasteiger partial charge in [0.2, 0.25) is 0 Å². The van der Waals surface area contributed by atoms with Gasteiger partial charge in [0.15, 0.2) is 0 Å². The molecule has 2 N–H and O–H groups in total. The van der Waals surface area contributed by atoms with E-state index >= 15 is 0 Å². The lowest BCUT2D eigenvalue weighted by molar-refractivity contribution is 0.0107. The van der Waals surface area contributed by atoms with Crippen molar-refractivity contribution in [3.05, 3.63) is 34.4 Å². The van der Waals surface area contributed by atoms with Gasteiger partial charge < -0.3 is 20.1 Å². The number of aromatic hydroxyl groups is 1. The molecule has 2 atom stereocenters. The van der Waals surface area contributed by atoms with Crippen LogP contribution in [-0.2, 0) is 6.42 Å². The Hall–Kier alpha value is -2.01. The maximum atomic E-state index is 13.3. The molecule has 0 unspecified atom stereocenters. The molecule has 1 amide bonds. The lowest BCUT2D eigenvalue weighted by Crippen LogP contribution is -2.45. The molecular formula is C27H42N2O3. The number of nitrogens with one attached hydrogen (secondary N) is 1. The summed E-state index contributed by atoms with van der Waals surface area (Å²) < 4.78 is 6.48. The Morgan fingerprint density at radius 1 is 1.28 bits per heavy atom. The summed E-state index contributed by atoms with van der Waals surface area (Å²) in [5, 5.41) is 14.6. The largest absolute Gasteiger partial charge is 0.507 e. The average Bonchev–Trinajstić information content (AvgIpc) is 2.70. The Morgan fingerprint density at radius 3 is 2.72 bits per heavy atom. The standard InChI is InChI=1S/C27H42N2O3/c1-7-8-9-11-19-17-22-24(20-16-18(2)12-13-21(20)27(3,4)32-22)25(30)23(19)26(31)28-14-10-15-29(5)6/h16-17,20-21,30H,7-15H2,1-6H3,(H,28,31)/t20-,21-/m1/s1. The van der Waals surface area contributed by atoms with Crippen LogP contribution in [-0.4, -0.2) is 48.7 Å². The number of unbranched alkanes of at least 4 members (excludes halogenated alkanes) is 2. The van der Waals surface area contributed by atoms with Crippen LogP contribution >= 0.6 is 0 Å². The molecule has 178 valence electrons. The van der Waals surface area contributed by atoms with E-state index in [2.05, 4.69) is 44.0 Å². The number of ether oxygens (including phenoxy) is 1. The first-order valence-corrected chi connectivity index (χ1v) is 12.3. The van der Waals surface area contributed by atoms with Gasteiger partial charge in [-0.25, -0.2) is 0 Å². The monoisotopic (exact) mass is 442 g/mol. The topological polar surface area (TPSA) is 61.8 Å². The van der Waals surface area contributed by atoms with Crippen LogP contribution < -0.4 is 10.1 Å². The van der Waals surface area contributed by atoms with Crippen molar-refractivity contribution < 1.29 is 14.6 Å². The number of amides is 1. The number of hydrogen-bond donors (Lipinski definition) is 2. The minimum absolute atomic E-state index is 0.0764. The van der Waals surface area contributed by atoms with Crippen molar-refractivity contribution in [2.45, 2.75) is 84.2 Å². The number of fused-ring (bicyclic) bond motifs is 3. The molecule has 5 heteroatoms. The summed E-state index contributed by atoms with van der Waals surface area (Å²) in [6, 6.07) is 2.04. The lowest BCUT2D eigenvalue weighted by Gasteiger charge is -2.46. The Morgan fingerprint density at radius 2 is 2.03 bits per heavy atom. The predicted octanol–water partition coefficient (Wildman–Crippen LogP) is 5.42. The summed E-state index contributed by atoms with van der Waals surface area (Å²) in [6.07, 6.45) is 9.21. The minimum Gasteiger partial charge on any atom is -0.507 e. The van der Waals surface area contributed by atoms with Crippen molar-refractivity contribution >= 4 is 5.91 Å². The summed E-state index contributed by atoms with van der Waals surface area (Å²) in [7, 11) is 4.06. The molecule has 0 fully saturated rings. The van der Waals surface area contributed by atoms with Crippen LogP contribution in [0, 0.1) is 5.92 Å². The molecule has 0 saturated heterocycles. The molecule has 1 aromatic carbocycles. The number of aryl methyl sites for hydroxylation is 1. The van der Waals surface area contributed by atoms with Crippen LogP contribution in [0.5, 0.6) is 11.5 Å². The summed E-state index contributed by atoms with van der Waals surface area (Å²) >= 11 is 0. The van der Waals surface area contributed by atoms with E-state index in [9.17, 15) is 9.90 Å². The van der Waals surface area contributed by atoms with E-state index in [0.29, 0.717) is 12.1 Å². The maximum Gasteiger partial charge on any atom is 0.255 e. The molecule has 0 radical (unpaired) electrons. The van der Waals surface area contributed by atoms with Crippen molar-refractivity contribution in [1.29, 1.82) is 0 Å². The third-order valence-electron chi connectivity index (χ3n) is 7.07. The van der Waals surface area contributed by atoms with Crippen molar-refractivity contribution in [3.8, 4) is 11.5 Å². The van der Waals surface area contributed by atoms with Gasteiger partial charge >= 0.3 is 0 Å². The highest BCUT2D eigenvalue weighted by atomic mass is 16.5. The highest BCUT2D eigenvalue weighted by molar-refractivity contribution is 5.99. The number of benzene rings is 1. The third-order valence-corrected chi connectivity index (χ3v) is 7.07. The molecule has 32 heavy (non-hydrogen) atoms. The van der Waals surface area contributed by atoms with Gasteiger partial charge in [-0.2, -0.15) is 0 Å². The molecule has 0 aromatic heterocycles. The fourth-order valence-corrected chi connectivity index (χ4v) is 5.31. The first-order chi connectivity index (χ1) is 15.2. The Kier molecular flexibility index (Phi) is 7.92. The van der Waals surface area contributed by atoms with Gasteiger partial charge in [0.25, 0.3) is 5.91 Å². The first-order valence-electron chi connectivity index (χ1n) is 12.3. The Labute approximate surface area is 194 Å². The van der Waals surface area contributed by atoms with Gasteiger partial charge in [-0.3, -0.25) is 4.79 Å². The lowest BCUT2D eigenvalue weighted by atomic mass is 9.67. The smallest absolute Gasteiger partial charge is 0.255 e. The van der Waals surface area contributed by atoms with Gasteiger partial charge in [0, 0.05) is 23.9 Å². The molecule has 1 aliphatic carbocycles. The second-order valence-corrected chi connectivity index (χ2v) is 10.4. The van der Waals surface area contributed by atoms with Crippen molar-refractivity contribution in [3.63, 3.8) is 0 Å². The van der Waals surface area contributed by atoms with E-state index < -0.39 is 0 Å². The summed E-state index contributed by atoms with van der Waals surface area (Å²) in [5.74, 6) is 1.05. The van der Waals surface area contributed by atoms with Crippen LogP contribution in [0.25, 0.3) is 0 Å². The number of carbonyl (C=O) groups excluding carboxylic acids is 1. The van der Waals surface area contributed by atoms with Crippen molar-refractivity contribution in [2.75, 3.05) is 27.2 Å². The zero-order chi connectivity index (χ0) is 23.5. The van der Waals surface area contributed by atoms with Crippen LogP contribution in [0.2, 0.25) is 0 Å². The molecule has 1 heterocycles. The number of allylic oxidation sites excluding steroid dienone is 2. The van der Waals surface area contributed by atoms with Gasteiger partial charge in [-0.05, 0) is 85.1 Å². The van der Waals surface area contributed by atoms with E-state index in [4.69, 9.17) is 4.74 Å². The SMILES string of the molecule is CCCCCc1cc2c(c(O)c1C(=O)NCCCN(C)C)[C@@H]1C=C(C)CC[C@H]1C(C)(C)O2. The van der Waals surface area contributed by atoms with Crippen LogP contribution in [0.1, 0.15) is 93.6 Å². The van der Waals surface area contributed by atoms with E-state index in [-0.39, 0.29) is 29.1 Å². The first kappa shape index (κ1) is 24.6. The molecule has 0 saturated carbocycles. The van der Waals surface area contributed by atoms with Gasteiger partial charge in [0.05, 0.1) is 5.56 Å². The highest BCUT2D eigenvalue weighted by Crippen LogP contribution is 2.54. The minimum atomic E-state index is -0.308. The van der Waals surface area contributed by atoms with Gasteiger partial charge in [-0.15, -0.1) is 0 Å². The highest BCUT2D eigenvalue weighted by Gasteiger charge is 2.46. The summed E-state index contributed by atoms with van der Waals surface area (Å²) in [5.41, 5.74) is 3.17. The zero-order valence-electron chi connectivity index (χ0n) is 20.9. The van der Waals surface area contributed by atoms with Crippen molar-refractivity contribution in [2.24, 2.45) is 5.92 Å². The second-order valence-electron chi connectivity index (χ2n) is 10.4. The number of phenolic OH excluding ortho intramolecular Hbond substituents is 1. The molecule has 1 aromatic rings. The third kappa shape index (κ3) is 5.31. The van der Waals surface area contributed by atoms with E-state index in [1.165, 1.54) is 5.57 Å². The number of nitrogens with zero attached hydrogens (tertiary/aromatic N) is 1. The van der Waals surface area contributed by atoms with Gasteiger partial charge in [0.1, 0.15) is 17.1 Å². The molecular weight excluding hydrogens is 400 g/mol. The average molecular weight is 443 g/mol. The van der Waals surface area contributed by atoms with Crippen LogP contribution in [0.15, 0.2) is 17.7 Å². The second kappa shape index (κ2) is 10.3. The summed E-state index contributed by atoms with van der Waals surface area (Å²) in [4.78, 5) is 15.4. The molecule has 3 rings (SSSR count). The number of phenols is 1. The van der Waals surface area contributed by atoms with Crippen LogP contribution in [0.3, 0.4) is 0 Å². The molecule has 2 aliphatic rings. The quantitative estimate of drug-likeness (QED) is 0.396. The van der Waals surface area contributed by atoms with E-state index in [0.717, 1.165) is 68.4 Å². The van der Waals surface area contributed by atoms with E-state index in [1.807, 2.05) is 20.2 Å². The fourth-order valence-electron chi connectivity index (χ4n) is 5.31. The number of rotatable bonds is 9. The molecule has 5 nitrogen and oxygen atoms in total. The number of carbonyl (C=O) groups is 1. The molecule has 0 bridgehead atoms. The normalized spacial score (nSPS) is 21.4. The van der Waals surface area contributed by atoms with E-state index in [1.54, 1.807) is 0 Å². The predicted molar refractivity (Wildman–Crippen MR) is 131 cm³/mol.